The maximum absolute atomic E-state index is 12.7. The van der Waals surface area contributed by atoms with Crippen molar-refractivity contribution in [3.63, 3.8) is 0 Å². The van der Waals surface area contributed by atoms with Crippen LogP contribution in [0, 0.1) is 5.92 Å². The molecular weight excluding hydrogens is 394 g/mol. The van der Waals surface area contributed by atoms with Crippen LogP contribution in [0.2, 0.25) is 0 Å². The van der Waals surface area contributed by atoms with E-state index >= 15 is 0 Å². The molecule has 6 heteroatoms. The number of nitrogens with one attached hydrogen (secondary N) is 1. The molecule has 1 aromatic heterocycles. The van der Waals surface area contributed by atoms with Gasteiger partial charge in [-0.25, -0.2) is 4.98 Å². The third-order valence-electron chi connectivity index (χ3n) is 5.82. The number of benzene rings is 2. The summed E-state index contributed by atoms with van der Waals surface area (Å²) in [4.78, 5) is 19.8. The Kier molecular flexibility index (Phi) is 6.53. The van der Waals surface area contributed by atoms with Gasteiger partial charge in [-0.2, -0.15) is 0 Å². The molecule has 1 fully saturated rings. The van der Waals surface area contributed by atoms with Crippen LogP contribution in [-0.4, -0.2) is 37.1 Å². The molecule has 0 unspecified atom stereocenters. The number of anilines is 1. The van der Waals surface area contributed by atoms with Gasteiger partial charge >= 0.3 is 0 Å². The number of carbonyl (C=O) groups excluding carboxylic acids is 1. The van der Waals surface area contributed by atoms with Gasteiger partial charge in [0.25, 0.3) is 0 Å². The highest BCUT2D eigenvalue weighted by Crippen LogP contribution is 2.33. The fraction of sp³-hybridized carbons (Fsp3) is 0.417. The molecule has 2 heterocycles. The molecule has 0 spiro atoms. The largest absolute Gasteiger partial charge is 0.497 e. The smallest absolute Gasteiger partial charge is 0.223 e. The summed E-state index contributed by atoms with van der Waals surface area (Å²) >= 11 is 1.69. The fourth-order valence-electron chi connectivity index (χ4n) is 3.95. The van der Waals surface area contributed by atoms with Gasteiger partial charge in [0.15, 0.2) is 5.13 Å². The Morgan fingerprint density at radius 1 is 1.23 bits per heavy atom. The zero-order chi connectivity index (χ0) is 20.9. The molecule has 0 radical (unpaired) electrons. The molecule has 4 rings (SSSR count). The Morgan fingerprint density at radius 2 is 2.00 bits per heavy atom. The number of aromatic nitrogens is 1. The molecule has 0 bridgehead atoms. The van der Waals surface area contributed by atoms with E-state index in [9.17, 15) is 4.79 Å². The number of thiazole rings is 1. The van der Waals surface area contributed by atoms with E-state index in [2.05, 4.69) is 41.4 Å². The Bertz CT molecular complexity index is 981. The lowest BCUT2D eigenvalue weighted by atomic mass is 9.95. The van der Waals surface area contributed by atoms with Crippen molar-refractivity contribution < 1.29 is 9.53 Å². The van der Waals surface area contributed by atoms with Crippen LogP contribution in [-0.2, 0) is 11.2 Å². The van der Waals surface area contributed by atoms with Gasteiger partial charge in [0.1, 0.15) is 5.75 Å². The van der Waals surface area contributed by atoms with Crippen LogP contribution in [0.5, 0.6) is 5.75 Å². The minimum absolute atomic E-state index is 0.0925. The molecule has 1 N–H and O–H groups in total. The Morgan fingerprint density at radius 3 is 2.73 bits per heavy atom. The Hall–Kier alpha value is -2.60. The van der Waals surface area contributed by atoms with Crippen molar-refractivity contribution in [2.45, 2.75) is 38.6 Å². The van der Waals surface area contributed by atoms with Gasteiger partial charge < -0.3 is 15.0 Å². The first-order valence-electron chi connectivity index (χ1n) is 10.7. The van der Waals surface area contributed by atoms with Crippen LogP contribution in [0.1, 0.15) is 31.7 Å². The second kappa shape index (κ2) is 9.47. The quantitative estimate of drug-likeness (QED) is 0.601. The van der Waals surface area contributed by atoms with E-state index in [4.69, 9.17) is 9.72 Å². The van der Waals surface area contributed by atoms with Gasteiger partial charge in [0.2, 0.25) is 5.91 Å². The second-order valence-electron chi connectivity index (χ2n) is 8.03. The zero-order valence-electron chi connectivity index (χ0n) is 17.6. The molecule has 1 atom stereocenters. The van der Waals surface area contributed by atoms with Gasteiger partial charge in [-0.05, 0) is 56.4 Å². The summed E-state index contributed by atoms with van der Waals surface area (Å²) in [7, 11) is 1.68. The minimum Gasteiger partial charge on any atom is -0.497 e. The number of rotatable bonds is 7. The highest BCUT2D eigenvalue weighted by molar-refractivity contribution is 7.22. The summed E-state index contributed by atoms with van der Waals surface area (Å²) in [6, 6.07) is 16.6. The summed E-state index contributed by atoms with van der Waals surface area (Å²) < 4.78 is 6.45. The number of carbonyl (C=O) groups is 1. The van der Waals surface area contributed by atoms with Gasteiger partial charge in [0.05, 0.1) is 17.3 Å². The van der Waals surface area contributed by atoms with E-state index < -0.39 is 0 Å². The van der Waals surface area contributed by atoms with Crippen molar-refractivity contribution in [3.05, 3.63) is 54.1 Å². The van der Waals surface area contributed by atoms with Crippen LogP contribution in [0.25, 0.3) is 10.2 Å². The third kappa shape index (κ3) is 4.93. The Balaban J connectivity index is 1.27. The number of fused-ring (bicyclic) bond motifs is 1. The molecule has 5 nitrogen and oxygen atoms in total. The van der Waals surface area contributed by atoms with Gasteiger partial charge in [-0.15, -0.1) is 0 Å². The number of nitrogens with zero attached hydrogens (tertiary/aromatic N) is 2. The van der Waals surface area contributed by atoms with Crippen molar-refractivity contribution in [2.24, 2.45) is 5.92 Å². The first kappa shape index (κ1) is 20.7. The van der Waals surface area contributed by atoms with Crippen molar-refractivity contribution >= 4 is 32.6 Å². The van der Waals surface area contributed by atoms with Crippen molar-refractivity contribution in [3.8, 4) is 5.75 Å². The monoisotopic (exact) mass is 423 g/mol. The molecule has 3 aromatic rings. The lowest BCUT2D eigenvalue weighted by molar-refractivity contribution is -0.126. The van der Waals surface area contributed by atoms with Crippen molar-refractivity contribution in [1.82, 2.24) is 10.3 Å². The molecular formula is C24H29N3O2S. The lowest BCUT2D eigenvalue weighted by Gasteiger charge is -2.31. The maximum atomic E-state index is 12.7. The van der Waals surface area contributed by atoms with Crippen LogP contribution in [0.15, 0.2) is 48.5 Å². The van der Waals surface area contributed by atoms with E-state index in [0.29, 0.717) is 0 Å². The second-order valence-corrected chi connectivity index (χ2v) is 9.03. The summed E-state index contributed by atoms with van der Waals surface area (Å²) in [6.07, 6.45) is 3.69. The number of aryl methyl sites for hydroxylation is 1. The number of amides is 1. The molecule has 0 saturated carbocycles. The van der Waals surface area contributed by atoms with Gasteiger partial charge in [0, 0.05) is 25.0 Å². The average molecular weight is 424 g/mol. The van der Waals surface area contributed by atoms with Crippen LogP contribution < -0.4 is 15.0 Å². The maximum Gasteiger partial charge on any atom is 0.223 e. The predicted molar refractivity (Wildman–Crippen MR) is 123 cm³/mol. The lowest BCUT2D eigenvalue weighted by Crippen LogP contribution is -2.43. The summed E-state index contributed by atoms with van der Waals surface area (Å²) in [5, 5.41) is 4.26. The normalized spacial score (nSPS) is 15.9. The van der Waals surface area contributed by atoms with E-state index in [1.54, 1.807) is 18.4 Å². The average Bonchev–Trinajstić information content (AvgIpc) is 3.22. The zero-order valence-corrected chi connectivity index (χ0v) is 18.5. The molecule has 2 aromatic carbocycles. The SMILES string of the molecule is COc1ccc2nc(N3CCC(C(=O)N[C@H](C)CCc4ccccc4)CC3)sc2c1. The number of hydrogen-bond donors (Lipinski definition) is 1. The molecule has 0 aliphatic carbocycles. The highest BCUT2D eigenvalue weighted by atomic mass is 32.1. The van der Waals surface area contributed by atoms with E-state index in [0.717, 1.165) is 59.9 Å². The molecule has 1 amide bonds. The van der Waals surface area contributed by atoms with E-state index in [1.807, 2.05) is 24.3 Å². The van der Waals surface area contributed by atoms with E-state index in [1.165, 1.54) is 5.56 Å². The molecule has 1 aliphatic heterocycles. The summed E-state index contributed by atoms with van der Waals surface area (Å²) in [5.41, 5.74) is 2.32. The fourth-order valence-corrected chi connectivity index (χ4v) is 4.99. The van der Waals surface area contributed by atoms with Gasteiger partial charge in [-0.1, -0.05) is 41.7 Å². The van der Waals surface area contributed by atoms with Crippen LogP contribution >= 0.6 is 11.3 Å². The van der Waals surface area contributed by atoms with Crippen LogP contribution in [0.3, 0.4) is 0 Å². The highest BCUT2D eigenvalue weighted by Gasteiger charge is 2.27. The molecule has 158 valence electrons. The number of hydrogen-bond acceptors (Lipinski definition) is 5. The van der Waals surface area contributed by atoms with Crippen LogP contribution in [0.4, 0.5) is 5.13 Å². The summed E-state index contributed by atoms with van der Waals surface area (Å²) in [5.74, 6) is 1.15. The molecule has 1 saturated heterocycles. The van der Waals surface area contributed by atoms with Crippen molar-refractivity contribution in [1.29, 1.82) is 0 Å². The predicted octanol–water partition coefficient (Wildman–Crippen LogP) is 4.66. The summed E-state index contributed by atoms with van der Waals surface area (Å²) in [6.45, 7) is 3.84. The minimum atomic E-state index is 0.0925. The first-order chi connectivity index (χ1) is 14.6. The number of ether oxygens (including phenoxy) is 1. The van der Waals surface area contributed by atoms with Gasteiger partial charge in [-0.3, -0.25) is 4.79 Å². The standard InChI is InChI=1S/C24H29N3O2S/c1-17(8-9-18-6-4-3-5-7-18)25-23(28)19-12-14-27(15-13-19)24-26-21-11-10-20(29-2)16-22(21)30-24/h3-7,10-11,16-17,19H,8-9,12-15H2,1-2H3,(H,25,28)/t17-/m1/s1. The molecule has 30 heavy (non-hydrogen) atoms. The number of methoxy groups -OCH3 is 1. The number of piperidine rings is 1. The molecule has 1 aliphatic rings. The Labute approximate surface area is 182 Å². The van der Waals surface area contributed by atoms with E-state index in [-0.39, 0.29) is 17.9 Å². The first-order valence-corrected chi connectivity index (χ1v) is 11.5. The third-order valence-corrected chi connectivity index (χ3v) is 6.90. The van der Waals surface area contributed by atoms with Crippen molar-refractivity contribution in [2.75, 3.05) is 25.1 Å². The topological polar surface area (TPSA) is 54.5 Å².